The molecule has 4 nitrogen and oxygen atoms in total. The molecule has 0 aromatic heterocycles. The SMILES string of the molecule is COC(=O)c1ccccc1C(=O)CCN. The molecule has 0 atom stereocenters. The molecular weight excluding hydrogens is 194 g/mol. The van der Waals surface area contributed by atoms with Gasteiger partial charge in [0.2, 0.25) is 0 Å². The van der Waals surface area contributed by atoms with E-state index in [9.17, 15) is 9.59 Å². The summed E-state index contributed by atoms with van der Waals surface area (Å²) in [4.78, 5) is 22.9. The zero-order valence-corrected chi connectivity index (χ0v) is 8.53. The number of nitrogens with two attached hydrogens (primary N) is 1. The van der Waals surface area contributed by atoms with Crippen molar-refractivity contribution in [2.75, 3.05) is 13.7 Å². The number of methoxy groups -OCH3 is 1. The van der Waals surface area contributed by atoms with Crippen LogP contribution in [0.15, 0.2) is 24.3 Å². The smallest absolute Gasteiger partial charge is 0.338 e. The van der Waals surface area contributed by atoms with E-state index in [2.05, 4.69) is 4.74 Å². The highest BCUT2D eigenvalue weighted by Gasteiger charge is 2.15. The molecule has 0 saturated heterocycles. The number of carbonyl (C=O) groups is 2. The van der Waals surface area contributed by atoms with Crippen molar-refractivity contribution in [3.05, 3.63) is 35.4 Å². The van der Waals surface area contributed by atoms with E-state index in [1.165, 1.54) is 7.11 Å². The average molecular weight is 207 g/mol. The number of hydrogen-bond acceptors (Lipinski definition) is 4. The second kappa shape index (κ2) is 5.26. The Morgan fingerprint density at radius 1 is 1.27 bits per heavy atom. The normalized spacial score (nSPS) is 9.73. The van der Waals surface area contributed by atoms with Gasteiger partial charge in [-0.05, 0) is 12.6 Å². The van der Waals surface area contributed by atoms with Crippen molar-refractivity contribution >= 4 is 11.8 Å². The fraction of sp³-hybridized carbons (Fsp3) is 0.273. The standard InChI is InChI=1S/C11H13NO3/c1-15-11(14)9-5-3-2-4-8(9)10(13)6-7-12/h2-5H,6-7,12H2,1H3. The Morgan fingerprint density at radius 3 is 2.40 bits per heavy atom. The van der Waals surface area contributed by atoms with Crippen molar-refractivity contribution in [3.63, 3.8) is 0 Å². The zero-order chi connectivity index (χ0) is 11.3. The van der Waals surface area contributed by atoms with Gasteiger partial charge < -0.3 is 10.5 Å². The fourth-order valence-corrected chi connectivity index (χ4v) is 1.28. The van der Waals surface area contributed by atoms with Gasteiger partial charge >= 0.3 is 5.97 Å². The van der Waals surface area contributed by atoms with E-state index in [0.29, 0.717) is 11.1 Å². The summed E-state index contributed by atoms with van der Waals surface area (Å²) in [6.07, 6.45) is 0.230. The summed E-state index contributed by atoms with van der Waals surface area (Å²) in [7, 11) is 1.28. The molecule has 4 heteroatoms. The molecule has 0 fully saturated rings. The Hall–Kier alpha value is -1.68. The lowest BCUT2D eigenvalue weighted by Crippen LogP contribution is -2.13. The van der Waals surface area contributed by atoms with Crippen LogP contribution in [0.2, 0.25) is 0 Å². The molecule has 0 saturated carbocycles. The minimum atomic E-state index is -0.504. The van der Waals surface area contributed by atoms with Crippen LogP contribution in [0.1, 0.15) is 27.1 Å². The summed E-state index contributed by atoms with van der Waals surface area (Å²) >= 11 is 0. The molecule has 0 amide bonds. The molecule has 0 heterocycles. The molecule has 2 N–H and O–H groups in total. The van der Waals surface area contributed by atoms with Crippen LogP contribution in [0.3, 0.4) is 0 Å². The van der Waals surface area contributed by atoms with E-state index in [1.807, 2.05) is 0 Å². The third-order valence-corrected chi connectivity index (χ3v) is 2.00. The lowest BCUT2D eigenvalue weighted by molar-refractivity contribution is 0.0597. The van der Waals surface area contributed by atoms with Crippen LogP contribution in [0.25, 0.3) is 0 Å². The van der Waals surface area contributed by atoms with Crippen LogP contribution in [0.5, 0.6) is 0 Å². The number of benzene rings is 1. The molecule has 1 rings (SSSR count). The first-order chi connectivity index (χ1) is 7.20. The molecule has 0 radical (unpaired) electrons. The average Bonchev–Trinajstić information content (AvgIpc) is 2.28. The number of ether oxygens (including phenoxy) is 1. The maximum atomic E-state index is 11.6. The second-order valence-electron chi connectivity index (χ2n) is 3.00. The van der Waals surface area contributed by atoms with Gasteiger partial charge in [0, 0.05) is 12.0 Å². The highest BCUT2D eigenvalue weighted by molar-refractivity contribution is 6.06. The molecule has 0 bridgehead atoms. The van der Waals surface area contributed by atoms with Crippen molar-refractivity contribution in [3.8, 4) is 0 Å². The predicted molar refractivity (Wildman–Crippen MR) is 55.8 cm³/mol. The Balaban J connectivity index is 3.06. The minimum absolute atomic E-state index is 0.140. The summed E-state index contributed by atoms with van der Waals surface area (Å²) in [5.74, 6) is -0.644. The second-order valence-corrected chi connectivity index (χ2v) is 3.00. The molecule has 15 heavy (non-hydrogen) atoms. The first-order valence-corrected chi connectivity index (χ1v) is 4.61. The number of hydrogen-bond donors (Lipinski definition) is 1. The predicted octanol–water partition coefficient (Wildman–Crippen LogP) is 1.00. The Labute approximate surface area is 88.0 Å². The topological polar surface area (TPSA) is 69.4 Å². The van der Waals surface area contributed by atoms with Gasteiger partial charge in [-0.1, -0.05) is 18.2 Å². The minimum Gasteiger partial charge on any atom is -0.465 e. The molecular formula is C11H13NO3. The number of ketones is 1. The maximum absolute atomic E-state index is 11.6. The van der Waals surface area contributed by atoms with Crippen LogP contribution in [-0.4, -0.2) is 25.4 Å². The van der Waals surface area contributed by atoms with E-state index in [4.69, 9.17) is 5.73 Å². The quantitative estimate of drug-likeness (QED) is 0.590. The Kier molecular flexibility index (Phi) is 4.00. The van der Waals surface area contributed by atoms with Gasteiger partial charge in [0.15, 0.2) is 5.78 Å². The first kappa shape index (κ1) is 11.4. The van der Waals surface area contributed by atoms with Gasteiger partial charge in [0.1, 0.15) is 0 Å². The Bertz CT molecular complexity index is 374. The van der Waals surface area contributed by atoms with Crippen LogP contribution in [0, 0.1) is 0 Å². The highest BCUT2D eigenvalue weighted by Crippen LogP contribution is 2.12. The number of rotatable bonds is 4. The molecule has 1 aromatic carbocycles. The summed E-state index contributed by atoms with van der Waals surface area (Å²) in [5.41, 5.74) is 5.95. The third-order valence-electron chi connectivity index (χ3n) is 2.00. The van der Waals surface area contributed by atoms with Crippen LogP contribution in [-0.2, 0) is 4.74 Å². The molecule has 80 valence electrons. The summed E-state index contributed by atoms with van der Waals surface area (Å²) in [6.45, 7) is 0.272. The fourth-order valence-electron chi connectivity index (χ4n) is 1.28. The van der Waals surface area contributed by atoms with E-state index in [1.54, 1.807) is 24.3 Å². The van der Waals surface area contributed by atoms with E-state index in [0.717, 1.165) is 0 Å². The van der Waals surface area contributed by atoms with E-state index in [-0.39, 0.29) is 18.7 Å². The molecule has 1 aromatic rings. The van der Waals surface area contributed by atoms with Crippen molar-refractivity contribution in [1.82, 2.24) is 0 Å². The maximum Gasteiger partial charge on any atom is 0.338 e. The molecule has 0 aliphatic carbocycles. The van der Waals surface area contributed by atoms with Gasteiger partial charge in [0.05, 0.1) is 12.7 Å². The first-order valence-electron chi connectivity index (χ1n) is 4.61. The van der Waals surface area contributed by atoms with Crippen LogP contribution in [0.4, 0.5) is 0 Å². The monoisotopic (exact) mass is 207 g/mol. The highest BCUT2D eigenvalue weighted by atomic mass is 16.5. The van der Waals surface area contributed by atoms with Gasteiger partial charge in [-0.15, -0.1) is 0 Å². The lowest BCUT2D eigenvalue weighted by atomic mass is 10.0. The molecule has 0 aliphatic heterocycles. The summed E-state index contributed by atoms with van der Waals surface area (Å²) in [5, 5.41) is 0. The van der Waals surface area contributed by atoms with Crippen molar-refractivity contribution < 1.29 is 14.3 Å². The van der Waals surface area contributed by atoms with Gasteiger partial charge in [-0.3, -0.25) is 4.79 Å². The molecule has 0 unspecified atom stereocenters. The molecule has 0 aliphatic rings. The van der Waals surface area contributed by atoms with Crippen molar-refractivity contribution in [2.24, 2.45) is 5.73 Å². The number of Topliss-reactive ketones (excluding diaryl/α,β-unsaturated/α-hetero) is 1. The van der Waals surface area contributed by atoms with Crippen LogP contribution >= 0.6 is 0 Å². The van der Waals surface area contributed by atoms with E-state index >= 15 is 0 Å². The number of esters is 1. The van der Waals surface area contributed by atoms with Crippen molar-refractivity contribution in [2.45, 2.75) is 6.42 Å². The van der Waals surface area contributed by atoms with Crippen molar-refractivity contribution in [1.29, 1.82) is 0 Å². The van der Waals surface area contributed by atoms with Crippen LogP contribution < -0.4 is 5.73 Å². The summed E-state index contributed by atoms with van der Waals surface area (Å²) < 4.78 is 4.58. The van der Waals surface area contributed by atoms with Gasteiger partial charge in [-0.25, -0.2) is 4.79 Å². The largest absolute Gasteiger partial charge is 0.465 e. The zero-order valence-electron chi connectivity index (χ0n) is 8.53. The van der Waals surface area contributed by atoms with Gasteiger partial charge in [-0.2, -0.15) is 0 Å². The van der Waals surface area contributed by atoms with Gasteiger partial charge in [0.25, 0.3) is 0 Å². The number of carbonyl (C=O) groups excluding carboxylic acids is 2. The third kappa shape index (κ3) is 2.63. The molecule has 0 spiro atoms. The summed E-state index contributed by atoms with van der Waals surface area (Å²) in [6, 6.07) is 6.56. The lowest BCUT2D eigenvalue weighted by Gasteiger charge is -2.05. The Morgan fingerprint density at radius 2 is 1.87 bits per heavy atom. The van der Waals surface area contributed by atoms with E-state index < -0.39 is 5.97 Å².